The van der Waals surface area contributed by atoms with Gasteiger partial charge in [-0.3, -0.25) is 0 Å². The molecule has 1 aliphatic carbocycles. The SMILES string of the molecule is c1ccc(-c2cccc(N(c3ccc4c(c3)C3(c5ccccc5-4)c4ccccc4N(c4ccccc4)c4ccccc43)c3ccccc3-c3ccccc3-c3ccccc3)c2)cc1. The van der Waals surface area contributed by atoms with E-state index in [1.807, 2.05) is 0 Å². The number of hydrogen-bond acceptors (Lipinski definition) is 2. The number of fused-ring (bicyclic) bond motifs is 9. The standard InChI is InChI=1S/C61H42N2/c1-4-21-43(22-5-1)45-25-20-28-47(41-45)62(58-36-17-13-32-53(58)50-30-11-10-29-49(50)44-23-6-2-7-24-44)48-39-40-52-51-31-12-14-33-54(51)61(57(52)42-48)55-34-15-18-37-59(55)63(46-26-8-3-9-27-46)60-38-19-16-35-56(60)61/h1-42H. The Kier molecular flexibility index (Phi) is 8.76. The summed E-state index contributed by atoms with van der Waals surface area (Å²) < 4.78 is 0. The third-order valence-corrected chi connectivity index (χ3v) is 13.1. The van der Waals surface area contributed by atoms with Crippen LogP contribution in [0.1, 0.15) is 22.3 Å². The number of hydrogen-bond donors (Lipinski definition) is 0. The molecule has 10 aromatic rings. The highest BCUT2D eigenvalue weighted by Gasteiger charge is 2.51. The molecule has 0 bridgehead atoms. The molecule has 0 atom stereocenters. The Morgan fingerprint density at radius 1 is 0.286 bits per heavy atom. The molecule has 0 radical (unpaired) electrons. The Hall–Kier alpha value is -8.20. The van der Waals surface area contributed by atoms with Gasteiger partial charge in [-0.1, -0.05) is 200 Å². The lowest BCUT2D eigenvalue weighted by atomic mass is 9.64. The first-order valence-electron chi connectivity index (χ1n) is 21.8. The van der Waals surface area contributed by atoms with Gasteiger partial charge in [0.2, 0.25) is 0 Å². The summed E-state index contributed by atoms with van der Waals surface area (Å²) in [6.07, 6.45) is 0. The maximum Gasteiger partial charge on any atom is 0.0755 e. The maximum absolute atomic E-state index is 2.50. The molecule has 0 aromatic heterocycles. The summed E-state index contributed by atoms with van der Waals surface area (Å²) in [6, 6.07) is 93.4. The van der Waals surface area contributed by atoms with E-state index in [1.54, 1.807) is 0 Å². The molecular weight excluding hydrogens is 761 g/mol. The van der Waals surface area contributed by atoms with Gasteiger partial charge in [-0.05, 0) is 116 Å². The zero-order valence-electron chi connectivity index (χ0n) is 34.6. The van der Waals surface area contributed by atoms with Crippen LogP contribution in [0, 0.1) is 0 Å². The van der Waals surface area contributed by atoms with Crippen LogP contribution < -0.4 is 9.80 Å². The van der Waals surface area contributed by atoms with Crippen LogP contribution in [0.5, 0.6) is 0 Å². The predicted molar refractivity (Wildman–Crippen MR) is 263 cm³/mol. The van der Waals surface area contributed by atoms with E-state index in [-0.39, 0.29) is 0 Å². The minimum absolute atomic E-state index is 0.586. The topological polar surface area (TPSA) is 6.48 Å². The first-order chi connectivity index (χ1) is 31.3. The molecule has 0 amide bonds. The highest BCUT2D eigenvalue weighted by molar-refractivity contribution is 5.99. The fraction of sp³-hybridized carbons (Fsp3) is 0.0164. The number of para-hydroxylation sites is 4. The average Bonchev–Trinajstić information content (AvgIpc) is 3.65. The third-order valence-electron chi connectivity index (χ3n) is 13.1. The van der Waals surface area contributed by atoms with Crippen molar-refractivity contribution in [2.45, 2.75) is 5.41 Å². The lowest BCUT2D eigenvalue weighted by molar-refractivity contribution is 0.752. The Morgan fingerprint density at radius 3 is 1.48 bits per heavy atom. The molecule has 12 rings (SSSR count). The lowest BCUT2D eigenvalue weighted by Crippen LogP contribution is -2.36. The molecule has 2 nitrogen and oxygen atoms in total. The van der Waals surface area contributed by atoms with Crippen LogP contribution in [0.3, 0.4) is 0 Å². The van der Waals surface area contributed by atoms with Crippen molar-refractivity contribution in [3.8, 4) is 44.5 Å². The van der Waals surface area contributed by atoms with Gasteiger partial charge in [0.05, 0.1) is 22.5 Å². The summed E-state index contributed by atoms with van der Waals surface area (Å²) in [5.74, 6) is 0. The Balaban J connectivity index is 1.14. The van der Waals surface area contributed by atoms with Crippen LogP contribution in [-0.2, 0) is 5.41 Å². The van der Waals surface area contributed by atoms with Crippen molar-refractivity contribution >= 4 is 34.1 Å². The second-order valence-corrected chi connectivity index (χ2v) is 16.4. The van der Waals surface area contributed by atoms with E-state index in [1.165, 1.54) is 72.6 Å². The first-order valence-corrected chi connectivity index (χ1v) is 21.8. The molecule has 2 heteroatoms. The summed E-state index contributed by atoms with van der Waals surface area (Å²) in [4.78, 5) is 4.93. The molecule has 1 heterocycles. The van der Waals surface area contributed by atoms with E-state index in [4.69, 9.17) is 0 Å². The monoisotopic (exact) mass is 802 g/mol. The van der Waals surface area contributed by atoms with E-state index >= 15 is 0 Å². The highest BCUT2D eigenvalue weighted by Crippen LogP contribution is 2.64. The molecule has 0 fully saturated rings. The van der Waals surface area contributed by atoms with Crippen LogP contribution in [0.2, 0.25) is 0 Å². The van der Waals surface area contributed by atoms with Crippen LogP contribution in [0.4, 0.5) is 34.1 Å². The van der Waals surface area contributed by atoms with E-state index < -0.39 is 5.41 Å². The van der Waals surface area contributed by atoms with Crippen molar-refractivity contribution in [1.82, 2.24) is 0 Å². The second-order valence-electron chi connectivity index (χ2n) is 16.4. The molecular formula is C61H42N2. The van der Waals surface area contributed by atoms with Crippen molar-refractivity contribution in [1.29, 1.82) is 0 Å². The summed E-state index contributed by atoms with van der Waals surface area (Å²) in [6.45, 7) is 0. The molecule has 0 saturated heterocycles. The van der Waals surface area contributed by atoms with Gasteiger partial charge in [-0.15, -0.1) is 0 Å². The zero-order valence-corrected chi connectivity index (χ0v) is 34.6. The molecule has 1 spiro atoms. The minimum atomic E-state index is -0.586. The predicted octanol–water partition coefficient (Wildman–Crippen LogP) is 16.3. The van der Waals surface area contributed by atoms with Crippen LogP contribution >= 0.6 is 0 Å². The molecule has 296 valence electrons. The van der Waals surface area contributed by atoms with Crippen molar-refractivity contribution in [2.75, 3.05) is 9.80 Å². The molecule has 0 saturated carbocycles. The normalized spacial score (nSPS) is 12.9. The second kappa shape index (κ2) is 15.1. The maximum atomic E-state index is 2.50. The van der Waals surface area contributed by atoms with E-state index in [0.717, 1.165) is 28.3 Å². The Morgan fingerprint density at radius 2 is 0.778 bits per heavy atom. The van der Waals surface area contributed by atoms with Gasteiger partial charge >= 0.3 is 0 Å². The van der Waals surface area contributed by atoms with E-state index in [0.29, 0.717) is 0 Å². The quantitative estimate of drug-likeness (QED) is 0.158. The number of nitrogens with zero attached hydrogens (tertiary/aromatic N) is 2. The van der Waals surface area contributed by atoms with Gasteiger partial charge in [0.1, 0.15) is 0 Å². The van der Waals surface area contributed by atoms with E-state index in [9.17, 15) is 0 Å². The minimum Gasteiger partial charge on any atom is -0.310 e. The van der Waals surface area contributed by atoms with Gasteiger partial charge in [0.25, 0.3) is 0 Å². The number of benzene rings is 10. The highest BCUT2D eigenvalue weighted by atomic mass is 15.2. The Labute approximate surface area is 369 Å². The molecule has 2 aliphatic rings. The largest absolute Gasteiger partial charge is 0.310 e. The fourth-order valence-corrected chi connectivity index (χ4v) is 10.5. The third kappa shape index (κ3) is 5.80. The molecule has 1 aliphatic heterocycles. The van der Waals surface area contributed by atoms with Gasteiger partial charge in [0.15, 0.2) is 0 Å². The Bertz CT molecular complexity index is 3250. The molecule has 10 aromatic carbocycles. The first kappa shape index (κ1) is 36.6. The fourth-order valence-electron chi connectivity index (χ4n) is 10.5. The number of anilines is 6. The van der Waals surface area contributed by atoms with Crippen molar-refractivity contribution < 1.29 is 0 Å². The number of rotatable bonds is 7. The zero-order chi connectivity index (χ0) is 41.7. The van der Waals surface area contributed by atoms with Crippen molar-refractivity contribution in [2.24, 2.45) is 0 Å². The smallest absolute Gasteiger partial charge is 0.0755 e. The van der Waals surface area contributed by atoms with Gasteiger partial charge < -0.3 is 9.80 Å². The molecule has 63 heavy (non-hydrogen) atoms. The average molecular weight is 803 g/mol. The van der Waals surface area contributed by atoms with Gasteiger partial charge in [-0.25, -0.2) is 0 Å². The van der Waals surface area contributed by atoms with Crippen molar-refractivity contribution in [3.63, 3.8) is 0 Å². The van der Waals surface area contributed by atoms with E-state index in [2.05, 4.69) is 265 Å². The van der Waals surface area contributed by atoms with Gasteiger partial charge in [-0.2, -0.15) is 0 Å². The molecule has 0 unspecified atom stereocenters. The summed E-state index contributed by atoms with van der Waals surface area (Å²) in [7, 11) is 0. The van der Waals surface area contributed by atoms with Gasteiger partial charge in [0, 0.05) is 22.6 Å². The van der Waals surface area contributed by atoms with Crippen LogP contribution in [-0.4, -0.2) is 0 Å². The summed E-state index contributed by atoms with van der Waals surface area (Å²) >= 11 is 0. The molecule has 0 N–H and O–H groups in total. The van der Waals surface area contributed by atoms with Crippen molar-refractivity contribution in [3.05, 3.63) is 277 Å². The lowest BCUT2D eigenvalue weighted by Gasteiger charge is -2.45. The summed E-state index contributed by atoms with van der Waals surface area (Å²) in [5, 5.41) is 0. The summed E-state index contributed by atoms with van der Waals surface area (Å²) in [5.41, 5.74) is 21.0. The van der Waals surface area contributed by atoms with Crippen LogP contribution in [0.15, 0.2) is 255 Å². The van der Waals surface area contributed by atoms with Crippen LogP contribution in [0.25, 0.3) is 44.5 Å².